The number of ether oxygens (including phenoxy) is 1. The summed E-state index contributed by atoms with van der Waals surface area (Å²) in [5, 5.41) is 2.79. The van der Waals surface area contributed by atoms with Crippen LogP contribution in [0.3, 0.4) is 0 Å². The van der Waals surface area contributed by atoms with Gasteiger partial charge in [0.2, 0.25) is 11.8 Å². The molecular formula is C32H30N2O5. The quantitative estimate of drug-likeness (QED) is 0.362. The van der Waals surface area contributed by atoms with Gasteiger partial charge in [-0.05, 0) is 79.3 Å². The molecule has 0 radical (unpaired) electrons. The number of amides is 3. The fourth-order valence-corrected chi connectivity index (χ4v) is 6.97. The van der Waals surface area contributed by atoms with Crippen LogP contribution in [0.5, 0.6) is 0 Å². The number of imide groups is 1. The van der Waals surface area contributed by atoms with Gasteiger partial charge in [-0.1, -0.05) is 54.6 Å². The second-order valence-electron chi connectivity index (χ2n) is 10.9. The summed E-state index contributed by atoms with van der Waals surface area (Å²) in [7, 11) is 0. The molecule has 7 nitrogen and oxygen atoms in total. The summed E-state index contributed by atoms with van der Waals surface area (Å²) in [6.07, 6.45) is 1.82. The molecule has 1 N–H and O–H groups in total. The molecule has 1 heterocycles. The number of nitrogens with one attached hydrogen (secondary N) is 1. The summed E-state index contributed by atoms with van der Waals surface area (Å²) >= 11 is 0. The number of aryl methyl sites for hydroxylation is 2. The first-order valence-electron chi connectivity index (χ1n) is 13.4. The molecule has 3 fully saturated rings. The van der Waals surface area contributed by atoms with E-state index in [1.165, 1.54) is 16.5 Å². The molecule has 1 saturated heterocycles. The molecule has 0 spiro atoms. The van der Waals surface area contributed by atoms with Crippen molar-refractivity contribution in [2.75, 3.05) is 16.8 Å². The molecule has 2 aliphatic carbocycles. The maximum atomic E-state index is 13.6. The van der Waals surface area contributed by atoms with Crippen LogP contribution in [0.15, 0.2) is 72.8 Å². The summed E-state index contributed by atoms with van der Waals surface area (Å²) in [5.74, 6) is -1.51. The average Bonchev–Trinajstić information content (AvgIpc) is 3.61. The first-order valence-corrected chi connectivity index (χ1v) is 13.4. The Kier molecular flexibility index (Phi) is 6.29. The lowest BCUT2D eigenvalue weighted by Gasteiger charge is -2.28. The van der Waals surface area contributed by atoms with E-state index in [4.69, 9.17) is 4.74 Å². The summed E-state index contributed by atoms with van der Waals surface area (Å²) in [4.78, 5) is 53.6. The number of benzene rings is 3. The van der Waals surface area contributed by atoms with E-state index in [0.717, 1.165) is 24.0 Å². The first kappa shape index (κ1) is 25.0. The second kappa shape index (κ2) is 9.80. The zero-order valence-corrected chi connectivity index (χ0v) is 21.9. The van der Waals surface area contributed by atoms with Crippen molar-refractivity contribution in [2.45, 2.75) is 32.6 Å². The number of anilines is 2. The first-order chi connectivity index (χ1) is 18.8. The van der Waals surface area contributed by atoms with Crippen molar-refractivity contribution in [3.8, 4) is 0 Å². The van der Waals surface area contributed by atoms with Crippen molar-refractivity contribution in [1.29, 1.82) is 0 Å². The number of fused-ring (bicyclic) bond motifs is 5. The van der Waals surface area contributed by atoms with Gasteiger partial charge < -0.3 is 10.1 Å². The van der Waals surface area contributed by atoms with Crippen LogP contribution >= 0.6 is 0 Å². The van der Waals surface area contributed by atoms with Crippen LogP contribution < -0.4 is 10.2 Å². The van der Waals surface area contributed by atoms with Crippen LogP contribution in [0.25, 0.3) is 0 Å². The predicted molar refractivity (Wildman–Crippen MR) is 146 cm³/mol. The summed E-state index contributed by atoms with van der Waals surface area (Å²) < 4.78 is 5.26. The zero-order chi connectivity index (χ0) is 27.3. The van der Waals surface area contributed by atoms with Crippen LogP contribution in [0.4, 0.5) is 11.4 Å². The normalized spacial score (nSPS) is 25.1. The minimum Gasteiger partial charge on any atom is -0.452 e. The molecule has 198 valence electrons. The van der Waals surface area contributed by atoms with Crippen molar-refractivity contribution >= 4 is 35.1 Å². The predicted octanol–water partition coefficient (Wildman–Crippen LogP) is 5.03. The number of hydrogen-bond donors (Lipinski definition) is 1. The highest BCUT2D eigenvalue weighted by molar-refractivity contribution is 6.23. The van der Waals surface area contributed by atoms with E-state index in [1.54, 1.807) is 18.2 Å². The molecule has 0 aromatic heterocycles. The van der Waals surface area contributed by atoms with Gasteiger partial charge in [0.1, 0.15) is 0 Å². The highest BCUT2D eigenvalue weighted by Gasteiger charge is 2.64. The molecule has 39 heavy (non-hydrogen) atoms. The molecule has 5 atom stereocenters. The fraction of sp³-hybridized carbons (Fsp3) is 0.312. The van der Waals surface area contributed by atoms with Crippen molar-refractivity contribution < 1.29 is 23.9 Å². The van der Waals surface area contributed by atoms with E-state index >= 15 is 0 Å². The molecular weight excluding hydrogens is 492 g/mol. The Bertz CT molecular complexity index is 1460. The lowest BCUT2D eigenvalue weighted by Crippen LogP contribution is -2.33. The molecule has 3 amide bonds. The Balaban J connectivity index is 1.15. The van der Waals surface area contributed by atoms with E-state index in [2.05, 4.69) is 17.4 Å². The van der Waals surface area contributed by atoms with E-state index in [0.29, 0.717) is 11.4 Å². The number of esters is 1. The van der Waals surface area contributed by atoms with Gasteiger partial charge in [0.25, 0.3) is 5.91 Å². The Labute approximate surface area is 227 Å². The lowest BCUT2D eigenvalue weighted by molar-refractivity contribution is -0.123. The van der Waals surface area contributed by atoms with Gasteiger partial charge in [-0.25, -0.2) is 4.79 Å². The van der Waals surface area contributed by atoms with Gasteiger partial charge in [-0.15, -0.1) is 0 Å². The standard InChI is InChI=1S/C32H30N2O5/c1-18-8-6-9-19(2)29(18)33-26(35)17-39-32(38)21-12-7-13-23(14-21)34-30(36)27-22-15-24(20-10-4-3-5-11-20)25(16-22)28(27)31(34)37/h3-14,22,24-25,27-28H,15-17H2,1-2H3,(H,33,35)/t22-,24-,25+,27+,28+/m0/s1. The lowest BCUT2D eigenvalue weighted by atomic mass is 9.73. The van der Waals surface area contributed by atoms with Crippen LogP contribution in [0, 0.1) is 37.5 Å². The zero-order valence-electron chi connectivity index (χ0n) is 21.9. The van der Waals surface area contributed by atoms with E-state index < -0.39 is 18.5 Å². The minimum absolute atomic E-state index is 0.146. The van der Waals surface area contributed by atoms with Gasteiger partial charge >= 0.3 is 5.97 Å². The topological polar surface area (TPSA) is 92.8 Å². The van der Waals surface area contributed by atoms with Crippen molar-refractivity contribution in [3.05, 3.63) is 95.1 Å². The molecule has 2 saturated carbocycles. The van der Waals surface area contributed by atoms with E-state index in [9.17, 15) is 19.2 Å². The van der Waals surface area contributed by atoms with Crippen LogP contribution in [0.1, 0.15) is 45.8 Å². The van der Waals surface area contributed by atoms with Crippen LogP contribution in [-0.4, -0.2) is 30.3 Å². The third kappa shape index (κ3) is 4.32. The highest BCUT2D eigenvalue weighted by Crippen LogP contribution is 2.61. The van der Waals surface area contributed by atoms with Crippen LogP contribution in [0.2, 0.25) is 0 Å². The Morgan fingerprint density at radius 3 is 2.31 bits per heavy atom. The Hall–Kier alpha value is -4.26. The molecule has 3 aliphatic rings. The van der Waals surface area contributed by atoms with Crippen molar-refractivity contribution in [1.82, 2.24) is 0 Å². The maximum absolute atomic E-state index is 13.6. The molecule has 7 heteroatoms. The number of carbonyl (C=O) groups is 4. The average molecular weight is 523 g/mol. The molecule has 0 unspecified atom stereocenters. The fourth-order valence-electron chi connectivity index (χ4n) is 6.97. The third-order valence-electron chi connectivity index (χ3n) is 8.66. The molecule has 6 rings (SSSR count). The number of para-hydroxylation sites is 1. The van der Waals surface area contributed by atoms with E-state index in [-0.39, 0.29) is 47.0 Å². The van der Waals surface area contributed by atoms with Crippen molar-refractivity contribution in [3.63, 3.8) is 0 Å². The SMILES string of the molecule is Cc1cccc(C)c1NC(=O)COC(=O)c1cccc(N2C(=O)[C@@H]3[C@@H]4C[C@@H]([C@H]3C2=O)[C@H](c2ccccc2)C4)c1. The second-order valence-corrected chi connectivity index (χ2v) is 10.9. The smallest absolute Gasteiger partial charge is 0.338 e. The number of nitrogens with zero attached hydrogens (tertiary/aromatic N) is 1. The summed E-state index contributed by atoms with van der Waals surface area (Å²) in [6.45, 7) is 3.33. The number of carbonyl (C=O) groups excluding carboxylic acids is 4. The van der Waals surface area contributed by atoms with Gasteiger partial charge in [0, 0.05) is 5.69 Å². The third-order valence-corrected chi connectivity index (χ3v) is 8.66. The minimum atomic E-state index is -0.697. The Morgan fingerprint density at radius 2 is 1.56 bits per heavy atom. The monoisotopic (exact) mass is 522 g/mol. The molecule has 2 bridgehead atoms. The largest absolute Gasteiger partial charge is 0.452 e. The maximum Gasteiger partial charge on any atom is 0.338 e. The summed E-state index contributed by atoms with van der Waals surface area (Å²) in [5.41, 5.74) is 4.29. The number of hydrogen-bond acceptors (Lipinski definition) is 5. The molecule has 1 aliphatic heterocycles. The summed E-state index contributed by atoms with van der Waals surface area (Å²) in [6, 6.07) is 22.3. The van der Waals surface area contributed by atoms with Gasteiger partial charge in [0.05, 0.1) is 23.1 Å². The molecule has 3 aromatic rings. The number of rotatable bonds is 6. The van der Waals surface area contributed by atoms with Crippen molar-refractivity contribution in [2.24, 2.45) is 23.7 Å². The highest BCUT2D eigenvalue weighted by atomic mass is 16.5. The van der Waals surface area contributed by atoms with Crippen LogP contribution in [-0.2, 0) is 19.1 Å². The van der Waals surface area contributed by atoms with E-state index in [1.807, 2.05) is 50.2 Å². The molecule has 3 aromatic carbocycles. The van der Waals surface area contributed by atoms with Gasteiger partial charge in [-0.2, -0.15) is 0 Å². The van der Waals surface area contributed by atoms with Gasteiger partial charge in [-0.3, -0.25) is 19.3 Å². The van der Waals surface area contributed by atoms with Gasteiger partial charge in [0.15, 0.2) is 6.61 Å². The Morgan fingerprint density at radius 1 is 0.872 bits per heavy atom.